The molecule has 0 aromatic heterocycles. The van der Waals surface area contributed by atoms with Crippen LogP contribution in [0.1, 0.15) is 18.4 Å². The van der Waals surface area contributed by atoms with Gasteiger partial charge < -0.3 is 0 Å². The lowest BCUT2D eigenvalue weighted by Crippen LogP contribution is -2.52. The lowest BCUT2D eigenvalue weighted by molar-refractivity contribution is -0.134. The fourth-order valence-electron chi connectivity index (χ4n) is 1.77. The first-order valence-corrected chi connectivity index (χ1v) is 7.27. The summed E-state index contributed by atoms with van der Waals surface area (Å²) >= 11 is 0. The number of carbonyl (C=O) groups excluding carboxylic acids is 2. The molecule has 2 rings (SSSR count). The van der Waals surface area contributed by atoms with Gasteiger partial charge in [-0.25, -0.2) is 8.42 Å². The lowest BCUT2D eigenvalue weighted by Gasteiger charge is -2.21. The second-order valence-electron chi connectivity index (χ2n) is 4.26. The van der Waals surface area contributed by atoms with Gasteiger partial charge in [-0.1, -0.05) is 0 Å². The van der Waals surface area contributed by atoms with Crippen LogP contribution in [0.15, 0.2) is 29.2 Å². The molecule has 1 aromatic rings. The van der Waals surface area contributed by atoms with Crippen LogP contribution in [-0.4, -0.2) is 26.3 Å². The molecule has 2 amide bonds. The van der Waals surface area contributed by atoms with Gasteiger partial charge in [0, 0.05) is 6.42 Å². The first-order chi connectivity index (χ1) is 9.42. The number of nitriles is 1. The summed E-state index contributed by atoms with van der Waals surface area (Å²) in [4.78, 5) is 22.5. The number of rotatable bonds is 3. The van der Waals surface area contributed by atoms with E-state index in [4.69, 9.17) is 5.26 Å². The van der Waals surface area contributed by atoms with Gasteiger partial charge in [0.15, 0.2) is 0 Å². The van der Waals surface area contributed by atoms with Crippen LogP contribution in [0.4, 0.5) is 0 Å². The highest BCUT2D eigenvalue weighted by molar-refractivity contribution is 7.89. The number of imide groups is 1. The smallest absolute Gasteiger partial charge is 0.244 e. The minimum atomic E-state index is -3.87. The molecule has 1 heterocycles. The normalized spacial score (nSPS) is 19.2. The van der Waals surface area contributed by atoms with Gasteiger partial charge >= 0.3 is 0 Å². The van der Waals surface area contributed by atoms with Crippen molar-refractivity contribution in [3.05, 3.63) is 29.8 Å². The predicted molar refractivity (Wildman–Crippen MR) is 67.7 cm³/mol. The first kappa shape index (κ1) is 14.2. The van der Waals surface area contributed by atoms with Gasteiger partial charge in [-0.3, -0.25) is 14.9 Å². The molecule has 8 heteroatoms. The number of carbonyl (C=O) groups is 2. The number of nitrogens with zero attached hydrogens (tertiary/aromatic N) is 1. The third-order valence-corrected chi connectivity index (χ3v) is 4.32. The van der Waals surface area contributed by atoms with Crippen molar-refractivity contribution in [2.45, 2.75) is 23.8 Å². The maximum atomic E-state index is 12.1. The van der Waals surface area contributed by atoms with Crippen molar-refractivity contribution in [2.24, 2.45) is 0 Å². The molecule has 104 valence electrons. The van der Waals surface area contributed by atoms with E-state index < -0.39 is 27.9 Å². The zero-order chi connectivity index (χ0) is 14.8. The fraction of sp³-hybridized carbons (Fsp3) is 0.250. The first-order valence-electron chi connectivity index (χ1n) is 5.78. The Balaban J connectivity index is 2.16. The summed E-state index contributed by atoms with van der Waals surface area (Å²) in [5.41, 5.74) is 0.338. The molecule has 0 aliphatic carbocycles. The number of hydrogen-bond acceptors (Lipinski definition) is 5. The summed E-state index contributed by atoms with van der Waals surface area (Å²) in [6.07, 6.45) is 0.215. The summed E-state index contributed by atoms with van der Waals surface area (Å²) in [5, 5.41) is 10.7. The maximum absolute atomic E-state index is 12.1. The molecule has 1 aliphatic heterocycles. The number of nitrogens with one attached hydrogen (secondary N) is 2. The van der Waals surface area contributed by atoms with E-state index in [1.54, 1.807) is 0 Å². The highest BCUT2D eigenvalue weighted by Crippen LogP contribution is 2.13. The minimum Gasteiger partial charge on any atom is -0.295 e. The summed E-state index contributed by atoms with van der Waals surface area (Å²) < 4.78 is 26.4. The highest BCUT2D eigenvalue weighted by atomic mass is 32.2. The van der Waals surface area contributed by atoms with E-state index in [-0.39, 0.29) is 17.7 Å². The molecule has 2 N–H and O–H groups in total. The third-order valence-electron chi connectivity index (χ3n) is 2.83. The number of benzene rings is 1. The summed E-state index contributed by atoms with van der Waals surface area (Å²) in [7, 11) is -3.87. The van der Waals surface area contributed by atoms with Crippen LogP contribution < -0.4 is 10.0 Å². The van der Waals surface area contributed by atoms with Gasteiger partial charge in [-0.05, 0) is 30.7 Å². The van der Waals surface area contributed by atoms with Crippen LogP contribution in [-0.2, 0) is 19.6 Å². The molecule has 1 aromatic carbocycles. The molecule has 0 bridgehead atoms. The molecule has 20 heavy (non-hydrogen) atoms. The average Bonchev–Trinajstić information content (AvgIpc) is 2.42. The summed E-state index contributed by atoms with van der Waals surface area (Å²) in [6, 6.07) is 6.23. The van der Waals surface area contributed by atoms with E-state index in [1.165, 1.54) is 24.3 Å². The van der Waals surface area contributed by atoms with E-state index in [9.17, 15) is 18.0 Å². The Morgan fingerprint density at radius 2 is 1.90 bits per heavy atom. The quantitative estimate of drug-likeness (QED) is 0.738. The Hall–Kier alpha value is -2.24. The van der Waals surface area contributed by atoms with Gasteiger partial charge in [0.2, 0.25) is 21.8 Å². The molecule has 0 spiro atoms. The number of sulfonamides is 1. The summed E-state index contributed by atoms with van der Waals surface area (Å²) in [5.74, 6) is -1.07. The second kappa shape index (κ2) is 5.40. The molecular formula is C12H11N3O4S. The minimum absolute atomic E-state index is 0.0406. The zero-order valence-electron chi connectivity index (χ0n) is 10.3. The topological polar surface area (TPSA) is 116 Å². The SMILES string of the molecule is N#Cc1ccc(S(=O)(=O)NC2CCC(=O)NC2=O)cc1. The lowest BCUT2D eigenvalue weighted by atomic mass is 10.1. The Bertz CT molecular complexity index is 688. The summed E-state index contributed by atoms with van der Waals surface area (Å²) in [6.45, 7) is 0. The van der Waals surface area contributed by atoms with Gasteiger partial charge in [0.05, 0.1) is 16.5 Å². The number of piperidine rings is 1. The van der Waals surface area contributed by atoms with Gasteiger partial charge in [-0.2, -0.15) is 9.98 Å². The van der Waals surface area contributed by atoms with Crippen molar-refractivity contribution >= 4 is 21.8 Å². The Labute approximate surface area is 115 Å². The highest BCUT2D eigenvalue weighted by Gasteiger charge is 2.30. The standard InChI is InChI=1S/C12H11N3O4S/c13-7-8-1-3-9(4-2-8)20(18,19)15-10-5-6-11(16)14-12(10)17/h1-4,10,15H,5-6H2,(H,14,16,17). The number of hydrogen-bond donors (Lipinski definition) is 2. The molecule has 1 aliphatic rings. The van der Waals surface area contributed by atoms with E-state index in [0.29, 0.717) is 5.56 Å². The average molecular weight is 293 g/mol. The molecule has 1 saturated heterocycles. The van der Waals surface area contributed by atoms with Crippen molar-refractivity contribution in [1.82, 2.24) is 10.0 Å². The molecule has 1 atom stereocenters. The van der Waals surface area contributed by atoms with Crippen LogP contribution in [0.3, 0.4) is 0 Å². The predicted octanol–water partition coefficient (Wildman–Crippen LogP) is -0.358. The van der Waals surface area contributed by atoms with Crippen LogP contribution >= 0.6 is 0 Å². The van der Waals surface area contributed by atoms with E-state index >= 15 is 0 Å². The fourth-order valence-corrected chi connectivity index (χ4v) is 3.00. The van der Waals surface area contributed by atoms with Crippen molar-refractivity contribution in [2.75, 3.05) is 0 Å². The molecule has 1 unspecified atom stereocenters. The van der Waals surface area contributed by atoms with Crippen molar-refractivity contribution in [3.63, 3.8) is 0 Å². The van der Waals surface area contributed by atoms with Crippen molar-refractivity contribution in [1.29, 1.82) is 5.26 Å². The monoisotopic (exact) mass is 293 g/mol. The van der Waals surface area contributed by atoms with Gasteiger partial charge in [-0.15, -0.1) is 0 Å². The molecular weight excluding hydrogens is 282 g/mol. The third kappa shape index (κ3) is 3.01. The van der Waals surface area contributed by atoms with Crippen molar-refractivity contribution in [3.8, 4) is 6.07 Å². The maximum Gasteiger partial charge on any atom is 0.244 e. The molecule has 0 saturated carbocycles. The zero-order valence-corrected chi connectivity index (χ0v) is 11.1. The Morgan fingerprint density at radius 1 is 1.25 bits per heavy atom. The van der Waals surface area contributed by atoms with E-state index in [1.807, 2.05) is 6.07 Å². The van der Waals surface area contributed by atoms with Crippen LogP contribution in [0.5, 0.6) is 0 Å². The second-order valence-corrected chi connectivity index (χ2v) is 5.98. The molecule has 1 fully saturated rings. The molecule has 7 nitrogen and oxygen atoms in total. The number of amides is 2. The Kier molecular flexibility index (Phi) is 3.83. The van der Waals surface area contributed by atoms with Crippen molar-refractivity contribution < 1.29 is 18.0 Å². The van der Waals surface area contributed by atoms with Crippen LogP contribution in [0.25, 0.3) is 0 Å². The van der Waals surface area contributed by atoms with Crippen LogP contribution in [0.2, 0.25) is 0 Å². The van der Waals surface area contributed by atoms with E-state index in [0.717, 1.165) is 0 Å². The Morgan fingerprint density at radius 3 is 2.45 bits per heavy atom. The van der Waals surface area contributed by atoms with Gasteiger partial charge in [0.1, 0.15) is 6.04 Å². The van der Waals surface area contributed by atoms with E-state index in [2.05, 4.69) is 10.0 Å². The molecule has 0 radical (unpaired) electrons. The van der Waals surface area contributed by atoms with Crippen LogP contribution in [0, 0.1) is 11.3 Å². The van der Waals surface area contributed by atoms with Gasteiger partial charge in [0.25, 0.3) is 0 Å². The largest absolute Gasteiger partial charge is 0.295 e.